The van der Waals surface area contributed by atoms with Crippen molar-refractivity contribution in [2.45, 2.75) is 51.9 Å². The molecule has 0 unspecified atom stereocenters. The maximum Gasteiger partial charge on any atom is 0.0471 e. The molecular formula is C12H23ClO. The molecule has 0 radical (unpaired) electrons. The molecule has 0 saturated heterocycles. The van der Waals surface area contributed by atoms with Gasteiger partial charge < -0.3 is 4.74 Å². The van der Waals surface area contributed by atoms with Crippen LogP contribution in [0.2, 0.25) is 0 Å². The average molecular weight is 219 g/mol. The highest BCUT2D eigenvalue weighted by molar-refractivity contribution is 6.18. The molecule has 1 nitrogen and oxygen atoms in total. The second-order valence-corrected chi connectivity index (χ2v) is 4.82. The second-order valence-electron chi connectivity index (χ2n) is 4.56. The molecule has 1 saturated carbocycles. The molecule has 0 aromatic carbocycles. The van der Waals surface area contributed by atoms with Gasteiger partial charge in [-0.1, -0.05) is 26.2 Å². The lowest BCUT2D eigenvalue weighted by molar-refractivity contribution is 0.0845. The first-order valence-corrected chi connectivity index (χ1v) is 6.50. The lowest BCUT2D eigenvalue weighted by Crippen LogP contribution is -2.27. The third kappa shape index (κ3) is 3.78. The van der Waals surface area contributed by atoms with Crippen LogP contribution in [0, 0.1) is 5.41 Å². The van der Waals surface area contributed by atoms with E-state index < -0.39 is 0 Å². The Morgan fingerprint density at radius 2 is 1.86 bits per heavy atom. The molecule has 1 fully saturated rings. The van der Waals surface area contributed by atoms with Gasteiger partial charge >= 0.3 is 0 Å². The summed E-state index contributed by atoms with van der Waals surface area (Å²) in [6.07, 6.45) is 9.03. The quantitative estimate of drug-likeness (QED) is 0.484. The van der Waals surface area contributed by atoms with Crippen LogP contribution in [0.1, 0.15) is 51.9 Å². The number of halogens is 1. The van der Waals surface area contributed by atoms with Crippen LogP contribution < -0.4 is 0 Å². The Balaban J connectivity index is 2.22. The van der Waals surface area contributed by atoms with Gasteiger partial charge in [0.2, 0.25) is 0 Å². The fraction of sp³-hybridized carbons (Fsp3) is 1.00. The Labute approximate surface area is 93.2 Å². The zero-order chi connectivity index (χ0) is 10.3. The topological polar surface area (TPSA) is 9.23 Å². The van der Waals surface area contributed by atoms with E-state index in [-0.39, 0.29) is 0 Å². The number of hydrogen-bond acceptors (Lipinski definition) is 1. The van der Waals surface area contributed by atoms with Crippen molar-refractivity contribution in [2.24, 2.45) is 5.41 Å². The average Bonchev–Trinajstić information content (AvgIpc) is 2.26. The molecule has 1 rings (SSSR count). The van der Waals surface area contributed by atoms with Crippen LogP contribution in [0.3, 0.4) is 0 Å². The number of rotatable bonds is 6. The first-order valence-electron chi connectivity index (χ1n) is 5.97. The van der Waals surface area contributed by atoms with Crippen molar-refractivity contribution in [3.05, 3.63) is 0 Å². The maximum absolute atomic E-state index is 6.09. The van der Waals surface area contributed by atoms with Crippen LogP contribution in [0.5, 0.6) is 0 Å². The van der Waals surface area contributed by atoms with E-state index in [0.717, 1.165) is 31.9 Å². The number of hydrogen-bond donors (Lipinski definition) is 0. The van der Waals surface area contributed by atoms with Crippen molar-refractivity contribution >= 4 is 11.6 Å². The van der Waals surface area contributed by atoms with Crippen LogP contribution in [0.25, 0.3) is 0 Å². The van der Waals surface area contributed by atoms with E-state index in [2.05, 4.69) is 6.92 Å². The minimum Gasteiger partial charge on any atom is -0.381 e. The van der Waals surface area contributed by atoms with E-state index in [4.69, 9.17) is 16.3 Å². The highest BCUT2D eigenvalue weighted by Crippen LogP contribution is 2.40. The second kappa shape index (κ2) is 6.68. The van der Waals surface area contributed by atoms with Gasteiger partial charge in [-0.15, -0.1) is 11.6 Å². The standard InChI is InChI=1S/C12H23ClO/c1-2-9-14-10-8-12(11-13)6-4-3-5-7-12/h2-11H2,1H3. The van der Waals surface area contributed by atoms with Crippen LogP contribution in [-0.2, 0) is 4.74 Å². The molecule has 0 atom stereocenters. The van der Waals surface area contributed by atoms with Gasteiger partial charge in [0, 0.05) is 19.1 Å². The lowest BCUT2D eigenvalue weighted by Gasteiger charge is -2.35. The summed E-state index contributed by atoms with van der Waals surface area (Å²) >= 11 is 6.09. The number of alkyl halides is 1. The zero-order valence-electron chi connectivity index (χ0n) is 9.36. The van der Waals surface area contributed by atoms with Crippen molar-refractivity contribution in [3.63, 3.8) is 0 Å². The SMILES string of the molecule is CCCOCCC1(CCl)CCCCC1. The number of ether oxygens (including phenoxy) is 1. The Hall–Kier alpha value is 0.250. The first kappa shape index (κ1) is 12.3. The first-order chi connectivity index (χ1) is 6.83. The molecular weight excluding hydrogens is 196 g/mol. The van der Waals surface area contributed by atoms with Crippen LogP contribution in [0.15, 0.2) is 0 Å². The molecule has 0 amide bonds. The molecule has 84 valence electrons. The molecule has 0 heterocycles. The van der Waals surface area contributed by atoms with Gasteiger partial charge in [-0.25, -0.2) is 0 Å². The normalized spacial score (nSPS) is 21.0. The Bertz CT molecular complexity index is 141. The van der Waals surface area contributed by atoms with Gasteiger partial charge in [0.05, 0.1) is 0 Å². The maximum atomic E-state index is 6.09. The minimum atomic E-state index is 0.410. The van der Waals surface area contributed by atoms with Crippen molar-refractivity contribution < 1.29 is 4.74 Å². The van der Waals surface area contributed by atoms with Gasteiger partial charge in [-0.05, 0) is 31.1 Å². The molecule has 0 aromatic rings. The smallest absolute Gasteiger partial charge is 0.0471 e. The van der Waals surface area contributed by atoms with E-state index in [1.165, 1.54) is 32.1 Å². The fourth-order valence-corrected chi connectivity index (χ4v) is 2.69. The van der Waals surface area contributed by atoms with E-state index in [1.807, 2.05) is 0 Å². The van der Waals surface area contributed by atoms with Crippen LogP contribution in [0.4, 0.5) is 0 Å². The van der Waals surface area contributed by atoms with E-state index in [1.54, 1.807) is 0 Å². The fourth-order valence-electron chi connectivity index (χ4n) is 2.29. The molecule has 1 aliphatic rings. The molecule has 0 N–H and O–H groups in total. The third-order valence-electron chi connectivity index (χ3n) is 3.32. The van der Waals surface area contributed by atoms with Crippen molar-refractivity contribution in [2.75, 3.05) is 19.1 Å². The van der Waals surface area contributed by atoms with Crippen LogP contribution >= 0.6 is 11.6 Å². The summed E-state index contributed by atoms with van der Waals surface area (Å²) in [4.78, 5) is 0. The zero-order valence-corrected chi connectivity index (χ0v) is 10.1. The predicted molar refractivity (Wildman–Crippen MR) is 62.0 cm³/mol. The summed E-state index contributed by atoms with van der Waals surface area (Å²) in [6.45, 7) is 3.96. The molecule has 14 heavy (non-hydrogen) atoms. The molecule has 1 aliphatic carbocycles. The lowest BCUT2D eigenvalue weighted by atomic mass is 9.73. The third-order valence-corrected chi connectivity index (χ3v) is 3.89. The monoisotopic (exact) mass is 218 g/mol. The van der Waals surface area contributed by atoms with Crippen LogP contribution in [-0.4, -0.2) is 19.1 Å². The Kier molecular flexibility index (Phi) is 5.88. The molecule has 0 aromatic heterocycles. The van der Waals surface area contributed by atoms with E-state index in [0.29, 0.717) is 5.41 Å². The minimum absolute atomic E-state index is 0.410. The summed E-state index contributed by atoms with van der Waals surface area (Å²) in [6, 6.07) is 0. The Morgan fingerprint density at radius 1 is 1.14 bits per heavy atom. The summed E-state index contributed by atoms with van der Waals surface area (Å²) in [5.41, 5.74) is 0.410. The molecule has 0 aliphatic heterocycles. The van der Waals surface area contributed by atoms with E-state index >= 15 is 0 Å². The molecule has 0 bridgehead atoms. The van der Waals surface area contributed by atoms with E-state index in [9.17, 15) is 0 Å². The van der Waals surface area contributed by atoms with Crippen molar-refractivity contribution in [1.82, 2.24) is 0 Å². The van der Waals surface area contributed by atoms with Gasteiger partial charge in [0.25, 0.3) is 0 Å². The van der Waals surface area contributed by atoms with Gasteiger partial charge in [-0.3, -0.25) is 0 Å². The summed E-state index contributed by atoms with van der Waals surface area (Å²) < 4.78 is 5.55. The highest BCUT2D eigenvalue weighted by Gasteiger charge is 2.30. The summed E-state index contributed by atoms with van der Waals surface area (Å²) in [5.74, 6) is 0.822. The van der Waals surface area contributed by atoms with Crippen molar-refractivity contribution in [3.8, 4) is 0 Å². The van der Waals surface area contributed by atoms with Gasteiger partial charge in [0.15, 0.2) is 0 Å². The largest absolute Gasteiger partial charge is 0.381 e. The van der Waals surface area contributed by atoms with Gasteiger partial charge in [0.1, 0.15) is 0 Å². The molecule has 0 spiro atoms. The molecule has 2 heteroatoms. The van der Waals surface area contributed by atoms with Gasteiger partial charge in [-0.2, -0.15) is 0 Å². The predicted octanol–water partition coefficient (Wildman–Crippen LogP) is 3.99. The highest BCUT2D eigenvalue weighted by atomic mass is 35.5. The van der Waals surface area contributed by atoms with Crippen molar-refractivity contribution in [1.29, 1.82) is 0 Å². The summed E-state index contributed by atoms with van der Waals surface area (Å²) in [5, 5.41) is 0. The Morgan fingerprint density at radius 3 is 2.43 bits per heavy atom. The summed E-state index contributed by atoms with van der Waals surface area (Å²) in [7, 11) is 0.